The fraction of sp³-hybridized carbons (Fsp3) is 0.0909. The van der Waals surface area contributed by atoms with Crippen LogP contribution in [0.1, 0.15) is 37.9 Å². The molecule has 0 N–H and O–H groups in total. The summed E-state index contributed by atoms with van der Waals surface area (Å²) in [6, 6.07) is 65.8. The molecule has 0 fully saturated rings. The maximum Gasteiger partial charge on any atom is 0.0542 e. The van der Waals surface area contributed by atoms with E-state index in [1.807, 2.05) is 0 Å². The SMILES string of the molecule is C/C=C(\C=C/CC)n1c2c(c3ccccc31)C=C(N(c1ccccc1)c1ccc(N(c3ccccc3)c3ccc4c(c3)c3ccccc3n4-c3ccccc3)cc1)CC2. The van der Waals surface area contributed by atoms with Crippen molar-refractivity contribution < 1.29 is 0 Å². The standard InChI is InChI=1S/C55H46N4/c1-3-5-19-40(4-2)58-52-28-17-15-26-48(52)50-38-46(34-36-54(50)58)56(41-20-9-6-10-21-41)44-30-32-45(33-31-44)57(42-22-11-7-12-23-42)47-35-37-55-51(39-47)49-27-16-18-29-53(49)59(55)43-24-13-8-14-25-43/h4-33,35,37-39H,3,34,36H2,1-2H3/b19-5-,40-4+. The lowest BCUT2D eigenvalue weighted by molar-refractivity contribution is 0.845. The second-order valence-corrected chi connectivity index (χ2v) is 15.1. The van der Waals surface area contributed by atoms with Gasteiger partial charge < -0.3 is 18.9 Å². The van der Waals surface area contributed by atoms with Crippen LogP contribution in [0.25, 0.3) is 50.2 Å². The Balaban J connectivity index is 1.08. The van der Waals surface area contributed by atoms with Gasteiger partial charge in [-0.05, 0) is 129 Å². The first-order chi connectivity index (χ1) is 29.2. The van der Waals surface area contributed by atoms with Crippen LogP contribution in [0.5, 0.6) is 0 Å². The van der Waals surface area contributed by atoms with E-state index < -0.39 is 0 Å². The van der Waals surface area contributed by atoms with Crippen molar-refractivity contribution in [3.8, 4) is 5.69 Å². The van der Waals surface area contributed by atoms with Crippen LogP contribution in [0.3, 0.4) is 0 Å². The van der Waals surface area contributed by atoms with Crippen LogP contribution < -0.4 is 9.80 Å². The summed E-state index contributed by atoms with van der Waals surface area (Å²) in [6.45, 7) is 4.33. The van der Waals surface area contributed by atoms with Crippen molar-refractivity contribution >= 4 is 72.9 Å². The molecule has 4 nitrogen and oxygen atoms in total. The van der Waals surface area contributed by atoms with Crippen molar-refractivity contribution in [2.24, 2.45) is 0 Å². The van der Waals surface area contributed by atoms with Crippen LogP contribution in [0.15, 0.2) is 206 Å². The van der Waals surface area contributed by atoms with Gasteiger partial charge in [0.2, 0.25) is 0 Å². The van der Waals surface area contributed by atoms with Gasteiger partial charge in [-0.25, -0.2) is 0 Å². The Kier molecular flexibility index (Phi) is 9.52. The molecular weight excluding hydrogens is 717 g/mol. The molecule has 7 aromatic carbocycles. The van der Waals surface area contributed by atoms with Gasteiger partial charge >= 0.3 is 0 Å². The van der Waals surface area contributed by atoms with Gasteiger partial charge in [0.25, 0.3) is 0 Å². The summed E-state index contributed by atoms with van der Waals surface area (Å²) in [5.74, 6) is 0. The van der Waals surface area contributed by atoms with E-state index in [1.165, 1.54) is 55.4 Å². The van der Waals surface area contributed by atoms with Gasteiger partial charge in [-0.15, -0.1) is 0 Å². The topological polar surface area (TPSA) is 16.3 Å². The van der Waals surface area contributed by atoms with E-state index in [0.29, 0.717) is 0 Å². The monoisotopic (exact) mass is 762 g/mol. The highest BCUT2D eigenvalue weighted by molar-refractivity contribution is 6.10. The number of benzene rings is 7. The Morgan fingerprint density at radius 3 is 1.75 bits per heavy atom. The Morgan fingerprint density at radius 2 is 1.07 bits per heavy atom. The van der Waals surface area contributed by atoms with Crippen LogP contribution in [-0.4, -0.2) is 9.13 Å². The van der Waals surface area contributed by atoms with Crippen LogP contribution in [0, 0.1) is 0 Å². The average molecular weight is 763 g/mol. The van der Waals surface area contributed by atoms with Gasteiger partial charge in [0.1, 0.15) is 0 Å². The minimum absolute atomic E-state index is 0.918. The van der Waals surface area contributed by atoms with E-state index >= 15 is 0 Å². The number of hydrogen-bond donors (Lipinski definition) is 0. The first-order valence-corrected chi connectivity index (χ1v) is 20.8. The Bertz CT molecular complexity index is 3020. The first kappa shape index (κ1) is 36.1. The molecule has 286 valence electrons. The fourth-order valence-corrected chi connectivity index (χ4v) is 9.01. The maximum atomic E-state index is 2.47. The number of rotatable bonds is 10. The lowest BCUT2D eigenvalue weighted by atomic mass is 9.98. The molecule has 1 aliphatic rings. The second kappa shape index (κ2) is 15.6. The molecule has 0 unspecified atom stereocenters. The summed E-state index contributed by atoms with van der Waals surface area (Å²) in [7, 11) is 0. The molecule has 0 radical (unpaired) electrons. The van der Waals surface area contributed by atoms with Crippen LogP contribution in [0.4, 0.5) is 28.4 Å². The van der Waals surface area contributed by atoms with E-state index in [4.69, 9.17) is 0 Å². The number of nitrogens with zero attached hydrogens (tertiary/aromatic N) is 4. The average Bonchev–Trinajstić information content (AvgIpc) is 3.81. The van der Waals surface area contributed by atoms with Gasteiger partial charge in [-0.2, -0.15) is 0 Å². The second-order valence-electron chi connectivity index (χ2n) is 15.1. The molecule has 10 rings (SSSR count). The Hall–Kier alpha value is -7.30. The Morgan fingerprint density at radius 1 is 0.525 bits per heavy atom. The molecule has 0 saturated carbocycles. The molecule has 0 bridgehead atoms. The highest BCUT2D eigenvalue weighted by Gasteiger charge is 2.25. The highest BCUT2D eigenvalue weighted by Crippen LogP contribution is 2.43. The number of para-hydroxylation sites is 5. The molecule has 0 amide bonds. The zero-order valence-corrected chi connectivity index (χ0v) is 33.5. The molecule has 0 saturated heterocycles. The summed E-state index contributed by atoms with van der Waals surface area (Å²) >= 11 is 0. The van der Waals surface area contributed by atoms with E-state index in [1.54, 1.807) is 0 Å². The summed E-state index contributed by atoms with van der Waals surface area (Å²) in [6.07, 6.45) is 12.1. The summed E-state index contributed by atoms with van der Waals surface area (Å²) in [5.41, 5.74) is 15.6. The van der Waals surface area contributed by atoms with Gasteiger partial charge in [0.05, 0.1) is 16.6 Å². The van der Waals surface area contributed by atoms with E-state index in [9.17, 15) is 0 Å². The molecule has 0 aliphatic heterocycles. The van der Waals surface area contributed by atoms with Crippen molar-refractivity contribution in [2.75, 3.05) is 9.80 Å². The van der Waals surface area contributed by atoms with Gasteiger partial charge in [-0.3, -0.25) is 0 Å². The van der Waals surface area contributed by atoms with Gasteiger partial charge in [0.15, 0.2) is 0 Å². The molecule has 1 aliphatic carbocycles. The van der Waals surface area contributed by atoms with Crippen LogP contribution >= 0.6 is 0 Å². The van der Waals surface area contributed by atoms with E-state index in [0.717, 1.165) is 53.4 Å². The number of allylic oxidation sites excluding steroid dienone is 5. The molecule has 0 atom stereocenters. The fourth-order valence-electron chi connectivity index (χ4n) is 9.01. The quantitative estimate of drug-likeness (QED) is 0.129. The number of aromatic nitrogens is 2. The third kappa shape index (κ3) is 6.43. The largest absolute Gasteiger partial charge is 0.314 e. The number of anilines is 5. The zero-order chi connectivity index (χ0) is 39.7. The molecule has 4 heteroatoms. The summed E-state index contributed by atoms with van der Waals surface area (Å²) in [5, 5.41) is 3.75. The van der Waals surface area contributed by atoms with Crippen molar-refractivity contribution in [2.45, 2.75) is 33.1 Å². The smallest absolute Gasteiger partial charge is 0.0542 e. The van der Waals surface area contributed by atoms with Gasteiger partial charge in [-0.1, -0.05) is 110 Å². The summed E-state index contributed by atoms with van der Waals surface area (Å²) < 4.78 is 4.85. The summed E-state index contributed by atoms with van der Waals surface area (Å²) in [4.78, 5) is 4.82. The van der Waals surface area contributed by atoms with E-state index in [2.05, 4.69) is 239 Å². The first-order valence-electron chi connectivity index (χ1n) is 20.8. The zero-order valence-electron chi connectivity index (χ0n) is 33.5. The number of hydrogen-bond acceptors (Lipinski definition) is 2. The van der Waals surface area contributed by atoms with Crippen molar-refractivity contribution in [1.29, 1.82) is 0 Å². The normalized spacial score (nSPS) is 13.0. The lowest BCUT2D eigenvalue weighted by Crippen LogP contribution is -2.20. The minimum Gasteiger partial charge on any atom is -0.314 e. The molecule has 2 aromatic heterocycles. The van der Waals surface area contributed by atoms with Crippen molar-refractivity contribution in [3.05, 3.63) is 217 Å². The van der Waals surface area contributed by atoms with Crippen LogP contribution in [-0.2, 0) is 6.42 Å². The minimum atomic E-state index is 0.918. The predicted octanol–water partition coefficient (Wildman–Crippen LogP) is 15.2. The molecule has 2 heterocycles. The van der Waals surface area contributed by atoms with Crippen LogP contribution in [0.2, 0.25) is 0 Å². The highest BCUT2D eigenvalue weighted by atomic mass is 15.2. The lowest BCUT2D eigenvalue weighted by Gasteiger charge is -2.31. The third-order valence-corrected chi connectivity index (χ3v) is 11.6. The number of fused-ring (bicyclic) bond motifs is 6. The van der Waals surface area contributed by atoms with Gasteiger partial charge in [0, 0.05) is 72.9 Å². The van der Waals surface area contributed by atoms with Crippen molar-refractivity contribution in [1.82, 2.24) is 9.13 Å². The predicted molar refractivity (Wildman–Crippen MR) is 252 cm³/mol. The maximum absolute atomic E-state index is 2.47. The van der Waals surface area contributed by atoms with Crippen molar-refractivity contribution in [3.63, 3.8) is 0 Å². The Labute approximate surface area is 346 Å². The third-order valence-electron chi connectivity index (χ3n) is 11.6. The van der Waals surface area contributed by atoms with E-state index in [-0.39, 0.29) is 0 Å². The molecule has 0 spiro atoms. The molecule has 59 heavy (non-hydrogen) atoms. The molecular formula is C55H46N4. The molecule has 9 aromatic rings.